The SMILES string of the molecule is CCSC1CCC(N2C(=O)C3(CCCC3)NC2C)C1. The van der Waals surface area contributed by atoms with E-state index in [1.54, 1.807) is 0 Å². The van der Waals surface area contributed by atoms with Gasteiger partial charge in [0.05, 0.1) is 11.7 Å². The van der Waals surface area contributed by atoms with E-state index in [9.17, 15) is 4.79 Å². The molecule has 108 valence electrons. The molecule has 3 rings (SSSR count). The second-order valence-corrected chi connectivity index (χ2v) is 7.94. The molecule has 1 heterocycles. The van der Waals surface area contributed by atoms with Crippen molar-refractivity contribution in [1.82, 2.24) is 10.2 Å². The third kappa shape index (κ3) is 2.31. The van der Waals surface area contributed by atoms with Crippen LogP contribution in [0.2, 0.25) is 0 Å². The zero-order valence-electron chi connectivity index (χ0n) is 12.2. The molecule has 3 unspecified atom stereocenters. The molecule has 2 aliphatic carbocycles. The first-order valence-electron chi connectivity index (χ1n) is 7.88. The average molecular weight is 282 g/mol. The van der Waals surface area contributed by atoms with E-state index in [1.165, 1.54) is 37.9 Å². The van der Waals surface area contributed by atoms with Crippen LogP contribution in [0.3, 0.4) is 0 Å². The Balaban J connectivity index is 1.70. The van der Waals surface area contributed by atoms with E-state index in [1.807, 2.05) is 0 Å². The molecule has 2 saturated carbocycles. The van der Waals surface area contributed by atoms with Gasteiger partial charge in [0.25, 0.3) is 0 Å². The zero-order chi connectivity index (χ0) is 13.5. The summed E-state index contributed by atoms with van der Waals surface area (Å²) in [5.74, 6) is 1.60. The van der Waals surface area contributed by atoms with E-state index in [0.717, 1.165) is 18.1 Å². The van der Waals surface area contributed by atoms with Crippen molar-refractivity contribution in [3.63, 3.8) is 0 Å². The minimum atomic E-state index is -0.185. The summed E-state index contributed by atoms with van der Waals surface area (Å²) >= 11 is 2.07. The summed E-state index contributed by atoms with van der Waals surface area (Å²) < 4.78 is 0. The highest BCUT2D eigenvalue weighted by Crippen LogP contribution is 2.41. The van der Waals surface area contributed by atoms with Gasteiger partial charge in [-0.05, 0) is 44.8 Å². The Kier molecular flexibility index (Phi) is 3.82. The van der Waals surface area contributed by atoms with Crippen molar-refractivity contribution in [2.24, 2.45) is 0 Å². The van der Waals surface area contributed by atoms with Crippen LogP contribution in [0.4, 0.5) is 0 Å². The Morgan fingerprint density at radius 1 is 1.37 bits per heavy atom. The van der Waals surface area contributed by atoms with Crippen LogP contribution in [0.5, 0.6) is 0 Å². The van der Waals surface area contributed by atoms with E-state index >= 15 is 0 Å². The summed E-state index contributed by atoms with van der Waals surface area (Å²) in [5, 5.41) is 4.40. The Labute approximate surface area is 120 Å². The lowest BCUT2D eigenvalue weighted by Gasteiger charge is -2.28. The lowest BCUT2D eigenvalue weighted by Crippen LogP contribution is -2.45. The first-order valence-corrected chi connectivity index (χ1v) is 8.93. The van der Waals surface area contributed by atoms with Gasteiger partial charge in [0.2, 0.25) is 5.91 Å². The van der Waals surface area contributed by atoms with Crippen LogP contribution >= 0.6 is 11.8 Å². The van der Waals surface area contributed by atoms with Gasteiger partial charge in [-0.25, -0.2) is 0 Å². The topological polar surface area (TPSA) is 32.3 Å². The first kappa shape index (κ1) is 13.7. The number of hydrogen-bond acceptors (Lipinski definition) is 3. The van der Waals surface area contributed by atoms with Crippen molar-refractivity contribution in [3.8, 4) is 0 Å². The Bertz CT molecular complexity index is 354. The molecule has 1 saturated heterocycles. The van der Waals surface area contributed by atoms with Crippen LogP contribution in [0.1, 0.15) is 58.8 Å². The maximum Gasteiger partial charge on any atom is 0.244 e. The normalized spacial score (nSPS) is 37.7. The molecule has 4 heteroatoms. The molecular weight excluding hydrogens is 256 g/mol. The van der Waals surface area contributed by atoms with Gasteiger partial charge in [-0.15, -0.1) is 0 Å². The van der Waals surface area contributed by atoms with Crippen LogP contribution < -0.4 is 5.32 Å². The fourth-order valence-corrected chi connectivity index (χ4v) is 5.46. The summed E-state index contributed by atoms with van der Waals surface area (Å²) in [6.07, 6.45) is 8.43. The van der Waals surface area contributed by atoms with Gasteiger partial charge >= 0.3 is 0 Å². The molecule has 0 aromatic rings. The maximum absolute atomic E-state index is 12.8. The molecule has 3 aliphatic rings. The maximum atomic E-state index is 12.8. The number of thioether (sulfide) groups is 1. The fourth-order valence-electron chi connectivity index (χ4n) is 4.33. The zero-order valence-corrected chi connectivity index (χ0v) is 13.0. The molecule has 0 bridgehead atoms. The van der Waals surface area contributed by atoms with Crippen molar-refractivity contribution in [2.75, 3.05) is 5.75 Å². The van der Waals surface area contributed by atoms with Crippen LogP contribution in [0, 0.1) is 0 Å². The van der Waals surface area contributed by atoms with E-state index in [2.05, 4.69) is 35.8 Å². The largest absolute Gasteiger partial charge is 0.323 e. The molecule has 0 aromatic carbocycles. The van der Waals surface area contributed by atoms with Gasteiger partial charge in [0.1, 0.15) is 0 Å². The summed E-state index contributed by atoms with van der Waals surface area (Å²) in [5.41, 5.74) is -0.185. The molecule has 1 aliphatic heterocycles. The number of amides is 1. The van der Waals surface area contributed by atoms with Crippen LogP contribution in [0.15, 0.2) is 0 Å². The third-order valence-corrected chi connectivity index (χ3v) is 6.39. The highest BCUT2D eigenvalue weighted by molar-refractivity contribution is 7.99. The van der Waals surface area contributed by atoms with Crippen LogP contribution in [0.25, 0.3) is 0 Å². The summed E-state index contributed by atoms with van der Waals surface area (Å²) in [6, 6.07) is 0.485. The molecule has 1 N–H and O–H groups in total. The number of carbonyl (C=O) groups is 1. The smallest absolute Gasteiger partial charge is 0.244 e. The Hall–Kier alpha value is -0.220. The van der Waals surface area contributed by atoms with E-state index in [4.69, 9.17) is 0 Å². The summed E-state index contributed by atoms with van der Waals surface area (Å²) in [6.45, 7) is 4.40. The number of carbonyl (C=O) groups excluding carboxylic acids is 1. The van der Waals surface area contributed by atoms with E-state index in [-0.39, 0.29) is 11.7 Å². The highest BCUT2D eigenvalue weighted by atomic mass is 32.2. The Morgan fingerprint density at radius 2 is 2.11 bits per heavy atom. The summed E-state index contributed by atoms with van der Waals surface area (Å²) in [4.78, 5) is 15.0. The fraction of sp³-hybridized carbons (Fsp3) is 0.933. The van der Waals surface area contributed by atoms with Crippen molar-refractivity contribution in [1.29, 1.82) is 0 Å². The van der Waals surface area contributed by atoms with Gasteiger partial charge in [0, 0.05) is 11.3 Å². The van der Waals surface area contributed by atoms with Gasteiger partial charge in [-0.1, -0.05) is 19.8 Å². The van der Waals surface area contributed by atoms with E-state index < -0.39 is 0 Å². The number of rotatable bonds is 3. The van der Waals surface area contributed by atoms with Crippen molar-refractivity contribution in [2.45, 2.75) is 81.8 Å². The van der Waals surface area contributed by atoms with Crippen LogP contribution in [-0.4, -0.2) is 39.6 Å². The Morgan fingerprint density at radius 3 is 2.79 bits per heavy atom. The lowest BCUT2D eigenvalue weighted by atomic mass is 9.97. The quantitative estimate of drug-likeness (QED) is 0.864. The van der Waals surface area contributed by atoms with Gasteiger partial charge in [0.15, 0.2) is 0 Å². The minimum absolute atomic E-state index is 0.185. The lowest BCUT2D eigenvalue weighted by molar-refractivity contribution is -0.135. The number of hydrogen-bond donors (Lipinski definition) is 1. The highest BCUT2D eigenvalue weighted by Gasteiger charge is 2.53. The molecule has 19 heavy (non-hydrogen) atoms. The molecule has 0 aromatic heterocycles. The molecule has 3 atom stereocenters. The van der Waals surface area contributed by atoms with Crippen LogP contribution in [-0.2, 0) is 4.79 Å². The molecule has 3 fully saturated rings. The first-order chi connectivity index (χ1) is 9.16. The van der Waals surface area contributed by atoms with Crippen molar-refractivity contribution in [3.05, 3.63) is 0 Å². The van der Waals surface area contributed by atoms with Gasteiger partial charge in [-0.3, -0.25) is 10.1 Å². The molecule has 1 spiro atoms. The third-order valence-electron chi connectivity index (χ3n) is 5.16. The van der Waals surface area contributed by atoms with Crippen molar-refractivity contribution >= 4 is 17.7 Å². The molecular formula is C15H26N2OS. The molecule has 1 amide bonds. The summed E-state index contributed by atoms with van der Waals surface area (Å²) in [7, 11) is 0. The number of nitrogens with one attached hydrogen (secondary N) is 1. The van der Waals surface area contributed by atoms with Gasteiger partial charge in [-0.2, -0.15) is 11.8 Å². The number of nitrogens with zero attached hydrogens (tertiary/aromatic N) is 1. The minimum Gasteiger partial charge on any atom is -0.323 e. The standard InChI is InChI=1S/C15H26N2OS/c1-3-19-13-7-6-12(10-13)17-11(2)16-15(14(17)18)8-4-5-9-15/h11-13,16H,3-10H2,1-2H3. The molecule has 0 radical (unpaired) electrons. The average Bonchev–Trinajstić information content (AvgIpc) is 3.04. The van der Waals surface area contributed by atoms with Crippen molar-refractivity contribution < 1.29 is 4.79 Å². The monoisotopic (exact) mass is 282 g/mol. The van der Waals surface area contributed by atoms with E-state index in [0.29, 0.717) is 11.9 Å². The van der Waals surface area contributed by atoms with Gasteiger partial charge < -0.3 is 4.90 Å². The second kappa shape index (κ2) is 5.28. The predicted molar refractivity (Wildman–Crippen MR) is 80.2 cm³/mol. The molecule has 3 nitrogen and oxygen atoms in total. The predicted octanol–water partition coefficient (Wildman–Crippen LogP) is 2.75. The second-order valence-electron chi connectivity index (χ2n) is 6.37.